The average molecular weight is 384 g/mol. The average Bonchev–Trinajstić information content (AvgIpc) is 2.60. The molecule has 6 nitrogen and oxygen atoms in total. The summed E-state index contributed by atoms with van der Waals surface area (Å²) < 4.78 is 37.0. The van der Waals surface area contributed by atoms with Crippen LogP contribution in [0.3, 0.4) is 0 Å². The molecule has 0 saturated carbocycles. The monoisotopic (exact) mass is 383 g/mol. The summed E-state index contributed by atoms with van der Waals surface area (Å²) in [5, 5.41) is 0.579. The van der Waals surface area contributed by atoms with E-state index in [-0.39, 0.29) is 11.5 Å². The molecule has 25 heavy (non-hydrogen) atoms. The summed E-state index contributed by atoms with van der Waals surface area (Å²) in [7, 11) is -2.36. The Kier molecular flexibility index (Phi) is 6.41. The number of benzene rings is 2. The summed E-state index contributed by atoms with van der Waals surface area (Å²) in [5.41, 5.74) is 0.753. The molecule has 8 heteroatoms. The number of nitrogens with one attached hydrogen (secondary N) is 1. The van der Waals surface area contributed by atoms with E-state index >= 15 is 0 Å². The van der Waals surface area contributed by atoms with Crippen molar-refractivity contribution < 1.29 is 22.7 Å². The molecular formula is C17H18ClNO5S. The van der Waals surface area contributed by atoms with Crippen LogP contribution in [0.4, 0.5) is 0 Å². The molecular weight excluding hydrogens is 366 g/mol. The van der Waals surface area contributed by atoms with Gasteiger partial charge in [0, 0.05) is 5.02 Å². The summed E-state index contributed by atoms with van der Waals surface area (Å²) >= 11 is 5.78. The number of hydrogen-bond acceptors (Lipinski definition) is 5. The van der Waals surface area contributed by atoms with Gasteiger partial charge in [-0.15, -0.1) is 0 Å². The lowest BCUT2D eigenvalue weighted by Gasteiger charge is -2.14. The third-order valence-electron chi connectivity index (χ3n) is 3.35. The second-order valence-electron chi connectivity index (χ2n) is 5.25. The van der Waals surface area contributed by atoms with Gasteiger partial charge >= 0.3 is 5.97 Å². The fourth-order valence-electron chi connectivity index (χ4n) is 1.96. The van der Waals surface area contributed by atoms with Gasteiger partial charge in [-0.25, -0.2) is 8.42 Å². The van der Waals surface area contributed by atoms with Crippen LogP contribution in [0.1, 0.15) is 12.5 Å². The molecule has 0 bridgehead atoms. The number of halogens is 1. The quantitative estimate of drug-likeness (QED) is 0.743. The van der Waals surface area contributed by atoms with E-state index in [1.54, 1.807) is 24.3 Å². The Morgan fingerprint density at radius 3 is 2.28 bits per heavy atom. The molecule has 2 rings (SSSR count). The lowest BCUT2D eigenvalue weighted by Crippen LogP contribution is -2.39. The number of esters is 1. The van der Waals surface area contributed by atoms with Crippen molar-refractivity contribution in [3.8, 4) is 5.75 Å². The van der Waals surface area contributed by atoms with Crippen LogP contribution in [0.15, 0.2) is 53.4 Å². The first kappa shape index (κ1) is 19.2. The number of hydrogen-bond donors (Lipinski definition) is 1. The van der Waals surface area contributed by atoms with E-state index in [1.165, 1.54) is 38.3 Å². The Morgan fingerprint density at radius 1 is 1.12 bits per heavy atom. The van der Waals surface area contributed by atoms with E-state index < -0.39 is 22.0 Å². The molecule has 2 aromatic rings. The highest BCUT2D eigenvalue weighted by molar-refractivity contribution is 7.89. The number of sulfonamides is 1. The molecule has 0 spiro atoms. The maximum Gasteiger partial charge on any atom is 0.324 e. The van der Waals surface area contributed by atoms with Crippen LogP contribution in [0, 0.1) is 0 Å². The molecule has 0 aliphatic heterocycles. The molecule has 2 aromatic carbocycles. The standard InChI is InChI=1S/C17H18ClNO5S/c1-12(17(20)24-11-13-3-5-14(18)6-4-13)19-25(21,22)16-9-7-15(23-2)8-10-16/h3-10,12,19H,11H2,1-2H3/t12-/m0/s1. The summed E-state index contributed by atoms with van der Waals surface area (Å²) in [6.07, 6.45) is 0. The van der Waals surface area contributed by atoms with Crippen LogP contribution in [0.5, 0.6) is 5.75 Å². The maximum absolute atomic E-state index is 12.3. The van der Waals surface area contributed by atoms with Gasteiger partial charge in [0.25, 0.3) is 0 Å². The van der Waals surface area contributed by atoms with Crippen molar-refractivity contribution >= 4 is 27.6 Å². The van der Waals surface area contributed by atoms with Gasteiger partial charge in [-0.3, -0.25) is 4.79 Å². The van der Waals surface area contributed by atoms with Crippen LogP contribution in [-0.4, -0.2) is 27.5 Å². The van der Waals surface area contributed by atoms with E-state index in [4.69, 9.17) is 21.1 Å². The molecule has 0 unspecified atom stereocenters. The Morgan fingerprint density at radius 2 is 1.72 bits per heavy atom. The number of carbonyl (C=O) groups excluding carboxylic acids is 1. The lowest BCUT2D eigenvalue weighted by atomic mass is 10.2. The number of carbonyl (C=O) groups is 1. The Balaban J connectivity index is 1.95. The lowest BCUT2D eigenvalue weighted by molar-refractivity contribution is -0.146. The minimum Gasteiger partial charge on any atom is -0.497 e. The fraction of sp³-hybridized carbons (Fsp3) is 0.235. The Bertz CT molecular complexity index is 819. The zero-order valence-electron chi connectivity index (χ0n) is 13.7. The highest BCUT2D eigenvalue weighted by atomic mass is 35.5. The summed E-state index contributed by atoms with van der Waals surface area (Å²) in [5.74, 6) is -0.138. The van der Waals surface area contributed by atoms with Gasteiger partial charge in [0.05, 0.1) is 12.0 Å². The molecule has 0 aliphatic carbocycles. The Labute approximate surface area is 151 Å². The van der Waals surface area contributed by atoms with E-state index in [2.05, 4.69) is 4.72 Å². The third-order valence-corrected chi connectivity index (χ3v) is 5.16. The van der Waals surface area contributed by atoms with Gasteiger partial charge in [-0.05, 0) is 48.9 Å². The topological polar surface area (TPSA) is 81.7 Å². The molecule has 0 fully saturated rings. The first-order chi connectivity index (χ1) is 11.8. The normalized spacial score (nSPS) is 12.4. The van der Waals surface area contributed by atoms with Gasteiger partial charge in [0.1, 0.15) is 18.4 Å². The summed E-state index contributed by atoms with van der Waals surface area (Å²) in [4.78, 5) is 12.0. The van der Waals surface area contributed by atoms with E-state index in [9.17, 15) is 13.2 Å². The smallest absolute Gasteiger partial charge is 0.324 e. The minimum absolute atomic E-state index is 0.0323. The highest BCUT2D eigenvalue weighted by Crippen LogP contribution is 2.16. The van der Waals surface area contributed by atoms with Gasteiger partial charge < -0.3 is 9.47 Å². The maximum atomic E-state index is 12.3. The molecule has 0 aromatic heterocycles. The van der Waals surface area contributed by atoms with Gasteiger partial charge in [-0.1, -0.05) is 23.7 Å². The van der Waals surface area contributed by atoms with Crippen molar-refractivity contribution in [1.29, 1.82) is 0 Å². The number of ether oxygens (including phenoxy) is 2. The molecule has 0 radical (unpaired) electrons. The van der Waals surface area contributed by atoms with E-state index in [0.29, 0.717) is 10.8 Å². The van der Waals surface area contributed by atoms with Crippen molar-refractivity contribution in [1.82, 2.24) is 4.72 Å². The number of methoxy groups -OCH3 is 1. The molecule has 1 atom stereocenters. The van der Waals surface area contributed by atoms with Crippen molar-refractivity contribution in [3.05, 3.63) is 59.1 Å². The van der Waals surface area contributed by atoms with E-state index in [1.807, 2.05) is 0 Å². The molecule has 0 amide bonds. The van der Waals surface area contributed by atoms with Crippen molar-refractivity contribution in [2.75, 3.05) is 7.11 Å². The highest BCUT2D eigenvalue weighted by Gasteiger charge is 2.23. The minimum atomic E-state index is -3.84. The summed E-state index contributed by atoms with van der Waals surface area (Å²) in [6, 6.07) is 11.6. The largest absolute Gasteiger partial charge is 0.497 e. The van der Waals surface area contributed by atoms with Crippen molar-refractivity contribution in [3.63, 3.8) is 0 Å². The second kappa shape index (κ2) is 8.33. The van der Waals surface area contributed by atoms with Crippen molar-refractivity contribution in [2.24, 2.45) is 0 Å². The predicted molar refractivity (Wildman–Crippen MR) is 94.0 cm³/mol. The molecule has 0 aliphatic rings. The SMILES string of the molecule is COc1ccc(S(=O)(=O)N[C@@H](C)C(=O)OCc2ccc(Cl)cc2)cc1. The zero-order valence-corrected chi connectivity index (χ0v) is 15.3. The predicted octanol–water partition coefficient (Wildman–Crippen LogP) is 2.76. The second-order valence-corrected chi connectivity index (χ2v) is 7.40. The first-order valence-electron chi connectivity index (χ1n) is 7.39. The molecule has 134 valence electrons. The summed E-state index contributed by atoms with van der Waals surface area (Å²) in [6.45, 7) is 1.45. The Hall–Kier alpha value is -2.09. The van der Waals surface area contributed by atoms with Crippen LogP contribution in [0.2, 0.25) is 5.02 Å². The number of rotatable bonds is 7. The van der Waals surface area contributed by atoms with Crippen LogP contribution in [0.25, 0.3) is 0 Å². The molecule has 0 saturated heterocycles. The van der Waals surface area contributed by atoms with E-state index in [0.717, 1.165) is 5.56 Å². The molecule has 1 N–H and O–H groups in total. The fourth-order valence-corrected chi connectivity index (χ4v) is 3.28. The van der Waals surface area contributed by atoms with Gasteiger partial charge in [-0.2, -0.15) is 4.72 Å². The van der Waals surface area contributed by atoms with Gasteiger partial charge in [0.2, 0.25) is 10.0 Å². The van der Waals surface area contributed by atoms with Crippen LogP contribution in [-0.2, 0) is 26.2 Å². The van der Waals surface area contributed by atoms with Crippen LogP contribution >= 0.6 is 11.6 Å². The van der Waals surface area contributed by atoms with Gasteiger partial charge in [0.15, 0.2) is 0 Å². The first-order valence-corrected chi connectivity index (χ1v) is 9.25. The zero-order chi connectivity index (χ0) is 18.4. The molecule has 0 heterocycles. The van der Waals surface area contributed by atoms with Crippen LogP contribution < -0.4 is 9.46 Å². The third kappa shape index (κ3) is 5.45. The van der Waals surface area contributed by atoms with Crippen molar-refractivity contribution in [2.45, 2.75) is 24.5 Å².